The van der Waals surface area contributed by atoms with Crippen LogP contribution in [0.5, 0.6) is 5.75 Å². The average molecular weight is 671 g/mol. The van der Waals surface area contributed by atoms with Crippen molar-refractivity contribution in [2.45, 2.75) is 73.2 Å². The van der Waals surface area contributed by atoms with Gasteiger partial charge in [-0.2, -0.15) is 4.68 Å². The number of carbonyl (C=O) groups excluding carboxylic acids is 1. The van der Waals surface area contributed by atoms with E-state index in [1.165, 1.54) is 6.07 Å². The summed E-state index contributed by atoms with van der Waals surface area (Å²) in [5.74, 6) is 0.561. The number of hydrogen-bond donors (Lipinski definition) is 1. The van der Waals surface area contributed by atoms with Crippen LogP contribution in [0, 0.1) is 0 Å². The van der Waals surface area contributed by atoms with Gasteiger partial charge >= 0.3 is 0 Å². The van der Waals surface area contributed by atoms with E-state index in [-0.39, 0.29) is 28.5 Å². The van der Waals surface area contributed by atoms with Crippen molar-refractivity contribution in [3.05, 3.63) is 94.3 Å². The topological polar surface area (TPSA) is 124 Å². The molecule has 0 bridgehead atoms. The second-order valence-corrected chi connectivity index (χ2v) is 11.9. The summed E-state index contributed by atoms with van der Waals surface area (Å²) in [6.07, 6.45) is 2.05. The molecule has 11 nitrogen and oxygen atoms in total. The number of nitrogens with zero attached hydrogens (tertiary/aromatic N) is 8. The molecule has 0 fully saturated rings. The van der Waals surface area contributed by atoms with Gasteiger partial charge in [0.25, 0.3) is 0 Å². The summed E-state index contributed by atoms with van der Waals surface area (Å²) in [4.78, 5) is 25.7. The van der Waals surface area contributed by atoms with Crippen LogP contribution < -0.4 is 0 Å². The molecule has 0 spiro atoms. The Morgan fingerprint density at radius 2 is 1.77 bits per heavy atom. The van der Waals surface area contributed by atoms with E-state index in [9.17, 15) is 9.90 Å². The highest BCUT2D eigenvalue weighted by Crippen LogP contribution is 2.34. The van der Waals surface area contributed by atoms with Crippen molar-refractivity contribution in [1.82, 2.24) is 39.6 Å². The van der Waals surface area contributed by atoms with Gasteiger partial charge in [0.05, 0.1) is 5.69 Å². The maximum Gasteiger partial charge on any atom is 0.234 e. The lowest BCUT2D eigenvalue weighted by atomic mass is 9.96. The summed E-state index contributed by atoms with van der Waals surface area (Å²) >= 11 is 6.75. The number of ketones is 1. The third-order valence-corrected chi connectivity index (χ3v) is 8.66. The highest BCUT2D eigenvalue weighted by molar-refractivity contribution is 6.33. The van der Waals surface area contributed by atoms with E-state index in [0.29, 0.717) is 43.5 Å². The fourth-order valence-electron chi connectivity index (χ4n) is 5.77. The van der Waals surface area contributed by atoms with Crippen molar-refractivity contribution in [3.63, 3.8) is 0 Å². The molecule has 0 aliphatic heterocycles. The molecule has 3 heterocycles. The number of rotatable bonds is 16. The molecular formula is C36H43ClN8O3. The Balaban J connectivity index is 1.61. The zero-order valence-corrected chi connectivity index (χ0v) is 29.0. The summed E-state index contributed by atoms with van der Waals surface area (Å²) in [6.45, 7) is 13.1. The number of benzene rings is 2. The predicted octanol–water partition coefficient (Wildman–Crippen LogP) is 6.98. The normalized spacial score (nSPS) is 12.1. The molecule has 1 N–H and O–H groups in total. The number of aromatic hydroxyl groups is 1. The van der Waals surface area contributed by atoms with E-state index in [4.69, 9.17) is 16.3 Å². The van der Waals surface area contributed by atoms with E-state index in [1.807, 2.05) is 66.9 Å². The third-order valence-electron chi connectivity index (χ3n) is 8.40. The Hall–Kier alpha value is -4.45. The molecule has 3 aromatic heterocycles. The third kappa shape index (κ3) is 7.64. The molecule has 0 aliphatic rings. The number of tetrazole rings is 1. The molecule has 12 heteroatoms. The summed E-state index contributed by atoms with van der Waals surface area (Å²) in [6, 6.07) is 19.4. The Labute approximate surface area is 286 Å². The quantitative estimate of drug-likeness (QED) is 0.111. The number of pyridine rings is 1. The Kier molecular flexibility index (Phi) is 11.7. The van der Waals surface area contributed by atoms with E-state index in [1.54, 1.807) is 10.7 Å². The second kappa shape index (κ2) is 16.1. The SMILES string of the molecule is CCCCc1nc(Cl)c(C(=O)c2nc(CN(CC)CC)ccc2O)n1Cc1ccc(-c2ccccc2)c(-c2nnnn2C(C)OCC)c1. The summed E-state index contributed by atoms with van der Waals surface area (Å²) in [5.41, 5.74) is 4.49. The smallest absolute Gasteiger partial charge is 0.234 e. The van der Waals surface area contributed by atoms with Crippen molar-refractivity contribution >= 4 is 17.4 Å². The monoisotopic (exact) mass is 670 g/mol. The van der Waals surface area contributed by atoms with Crippen molar-refractivity contribution in [1.29, 1.82) is 0 Å². The van der Waals surface area contributed by atoms with Crippen LogP contribution in [0.3, 0.4) is 0 Å². The Morgan fingerprint density at radius 3 is 2.48 bits per heavy atom. The lowest BCUT2D eigenvalue weighted by molar-refractivity contribution is 0.0159. The number of aromatic nitrogens is 7. The molecule has 5 aromatic rings. The zero-order valence-electron chi connectivity index (χ0n) is 28.2. The lowest BCUT2D eigenvalue weighted by Gasteiger charge is -2.18. The van der Waals surface area contributed by atoms with Gasteiger partial charge in [-0.3, -0.25) is 9.69 Å². The van der Waals surface area contributed by atoms with Crippen LogP contribution in [-0.4, -0.2) is 70.2 Å². The number of carbonyl (C=O) groups is 1. The largest absolute Gasteiger partial charge is 0.506 e. The molecule has 5 rings (SSSR count). The molecule has 0 saturated carbocycles. The number of hydrogen-bond acceptors (Lipinski definition) is 9. The predicted molar refractivity (Wildman–Crippen MR) is 186 cm³/mol. The van der Waals surface area contributed by atoms with Crippen LogP contribution in [0.2, 0.25) is 5.15 Å². The van der Waals surface area contributed by atoms with Gasteiger partial charge in [-0.25, -0.2) is 9.97 Å². The van der Waals surface area contributed by atoms with Gasteiger partial charge in [0.15, 0.2) is 22.9 Å². The molecule has 1 unspecified atom stereocenters. The van der Waals surface area contributed by atoms with E-state index in [2.05, 4.69) is 51.2 Å². The minimum atomic E-state index is -0.482. The first-order chi connectivity index (χ1) is 23.3. The van der Waals surface area contributed by atoms with Crippen molar-refractivity contribution in [3.8, 4) is 28.3 Å². The highest BCUT2D eigenvalue weighted by Gasteiger charge is 2.27. The number of aryl methyl sites for hydroxylation is 1. The lowest BCUT2D eigenvalue weighted by Crippen LogP contribution is -2.23. The van der Waals surface area contributed by atoms with Gasteiger partial charge < -0.3 is 14.4 Å². The van der Waals surface area contributed by atoms with Gasteiger partial charge in [0, 0.05) is 31.7 Å². The zero-order chi connectivity index (χ0) is 34.2. The average Bonchev–Trinajstić information content (AvgIpc) is 3.71. The van der Waals surface area contributed by atoms with E-state index < -0.39 is 5.78 Å². The molecule has 0 aliphatic carbocycles. The molecule has 48 heavy (non-hydrogen) atoms. The van der Waals surface area contributed by atoms with Crippen LogP contribution >= 0.6 is 11.6 Å². The number of unbranched alkanes of at least 4 members (excludes halogenated alkanes) is 1. The number of ether oxygens (including phenoxy) is 1. The van der Waals surface area contributed by atoms with Crippen molar-refractivity contribution < 1.29 is 14.6 Å². The number of imidazole rings is 1. The van der Waals surface area contributed by atoms with Crippen molar-refractivity contribution in [2.75, 3.05) is 19.7 Å². The van der Waals surface area contributed by atoms with Crippen LogP contribution in [-0.2, 0) is 24.2 Å². The van der Waals surface area contributed by atoms with Crippen LogP contribution in [0.1, 0.15) is 87.0 Å². The maximum atomic E-state index is 14.2. The molecular weight excluding hydrogens is 628 g/mol. The van der Waals surface area contributed by atoms with Gasteiger partial charge in [0.2, 0.25) is 5.78 Å². The first-order valence-corrected chi connectivity index (χ1v) is 17.0. The van der Waals surface area contributed by atoms with Gasteiger partial charge in [-0.05, 0) is 78.7 Å². The molecule has 0 radical (unpaired) electrons. The van der Waals surface area contributed by atoms with E-state index >= 15 is 0 Å². The standard InChI is InChI=1S/C36H43ClN8O3/c1-6-10-16-31-39-35(37)33(34(47)32-30(46)20-18-27(38-32)23-43(7-2)8-3)44(31)22-25-17-19-28(26-14-12-11-13-15-26)29(21-25)36-40-41-42-45(36)24(5)48-9-4/h11-15,17-21,24,46H,6-10,16,22-23H2,1-5H3. The summed E-state index contributed by atoms with van der Waals surface area (Å²) in [5, 5.41) is 23.5. The highest BCUT2D eigenvalue weighted by atomic mass is 35.5. The van der Waals surface area contributed by atoms with Crippen LogP contribution in [0.4, 0.5) is 0 Å². The summed E-state index contributed by atoms with van der Waals surface area (Å²) < 4.78 is 9.36. The molecule has 252 valence electrons. The molecule has 0 amide bonds. The van der Waals surface area contributed by atoms with Crippen LogP contribution in [0.25, 0.3) is 22.5 Å². The van der Waals surface area contributed by atoms with Gasteiger partial charge in [0.1, 0.15) is 17.3 Å². The van der Waals surface area contributed by atoms with Crippen molar-refractivity contribution in [2.24, 2.45) is 0 Å². The molecule has 1 atom stereocenters. The minimum absolute atomic E-state index is 0.0473. The van der Waals surface area contributed by atoms with Gasteiger partial charge in [-0.1, -0.05) is 81.3 Å². The first kappa shape index (κ1) is 34.9. The fraction of sp³-hybridized carbons (Fsp3) is 0.389. The van der Waals surface area contributed by atoms with E-state index in [0.717, 1.165) is 48.2 Å². The first-order valence-electron chi connectivity index (χ1n) is 16.6. The Bertz CT molecular complexity index is 1830. The molecule has 0 saturated heterocycles. The Morgan fingerprint density at radius 1 is 1.00 bits per heavy atom. The summed E-state index contributed by atoms with van der Waals surface area (Å²) in [7, 11) is 0. The minimum Gasteiger partial charge on any atom is -0.506 e. The molecule has 2 aromatic carbocycles. The van der Waals surface area contributed by atoms with Gasteiger partial charge in [-0.15, -0.1) is 5.10 Å². The van der Waals surface area contributed by atoms with Crippen LogP contribution in [0.15, 0.2) is 60.7 Å². The fourth-order valence-corrected chi connectivity index (χ4v) is 6.06. The number of halogens is 1. The maximum absolute atomic E-state index is 14.2. The second-order valence-electron chi connectivity index (χ2n) is 11.6.